The molecule has 120 valence electrons. The van der Waals surface area contributed by atoms with E-state index in [-0.39, 0.29) is 5.97 Å². The van der Waals surface area contributed by atoms with Gasteiger partial charge in [0.05, 0.1) is 12.3 Å². The number of benzene rings is 1. The minimum absolute atomic E-state index is 0.311. The number of carbonyl (C=O) groups is 1. The molecule has 0 saturated heterocycles. The molecule has 0 unspecified atom stereocenters. The van der Waals surface area contributed by atoms with Gasteiger partial charge in [0, 0.05) is 22.7 Å². The third-order valence-corrected chi connectivity index (χ3v) is 4.31. The molecule has 2 aromatic rings. The molecule has 3 rings (SSSR count). The van der Waals surface area contributed by atoms with Crippen LogP contribution in [0.25, 0.3) is 16.5 Å². The molecule has 0 saturated carbocycles. The Kier molecular flexibility index (Phi) is 4.52. The number of unbranched alkanes of at least 4 members (excludes halogenated alkanes) is 1. The Morgan fingerprint density at radius 2 is 2.26 bits per heavy atom. The van der Waals surface area contributed by atoms with Crippen LogP contribution in [0.4, 0.5) is 5.69 Å². The van der Waals surface area contributed by atoms with Gasteiger partial charge in [0.1, 0.15) is 10.1 Å². The highest BCUT2D eigenvalue weighted by atomic mass is 79.9. The fourth-order valence-corrected chi connectivity index (χ4v) is 2.97. The van der Waals surface area contributed by atoms with Crippen LogP contribution >= 0.6 is 15.9 Å². The van der Waals surface area contributed by atoms with Gasteiger partial charge in [0.25, 0.3) is 0 Å². The van der Waals surface area contributed by atoms with Crippen LogP contribution in [0.5, 0.6) is 0 Å². The summed E-state index contributed by atoms with van der Waals surface area (Å²) in [7, 11) is 0. The van der Waals surface area contributed by atoms with Crippen LogP contribution in [0.15, 0.2) is 34.6 Å². The Bertz CT molecular complexity index is 821. The van der Waals surface area contributed by atoms with Gasteiger partial charge in [-0.3, -0.25) is 5.10 Å². The summed E-state index contributed by atoms with van der Waals surface area (Å²) in [5, 5.41) is 11.6. The third kappa shape index (κ3) is 3.17. The van der Waals surface area contributed by atoms with E-state index < -0.39 is 0 Å². The van der Waals surface area contributed by atoms with E-state index in [9.17, 15) is 4.79 Å². The van der Waals surface area contributed by atoms with Crippen molar-refractivity contribution in [2.75, 3.05) is 11.9 Å². The number of hydrogen-bond acceptors (Lipinski definition) is 4. The highest BCUT2D eigenvalue weighted by Gasteiger charge is 2.19. The van der Waals surface area contributed by atoms with Crippen molar-refractivity contribution in [3.8, 4) is 0 Å². The smallest absolute Gasteiger partial charge is 0.331 e. The van der Waals surface area contributed by atoms with E-state index in [2.05, 4.69) is 38.4 Å². The monoisotopic (exact) mass is 375 g/mol. The van der Waals surface area contributed by atoms with Crippen LogP contribution in [-0.2, 0) is 9.53 Å². The lowest BCUT2D eigenvalue weighted by atomic mass is 9.97. The predicted octanol–water partition coefficient (Wildman–Crippen LogP) is 4.38. The van der Waals surface area contributed by atoms with Gasteiger partial charge in [-0.25, -0.2) is 4.79 Å². The van der Waals surface area contributed by atoms with E-state index in [4.69, 9.17) is 4.74 Å². The topological polar surface area (TPSA) is 67.0 Å². The number of allylic oxidation sites excluding steroid dienone is 3. The molecule has 0 fully saturated rings. The van der Waals surface area contributed by atoms with Gasteiger partial charge in [-0.15, -0.1) is 0 Å². The van der Waals surface area contributed by atoms with Crippen molar-refractivity contribution in [3.05, 3.63) is 40.1 Å². The van der Waals surface area contributed by atoms with E-state index in [0.29, 0.717) is 6.61 Å². The lowest BCUT2D eigenvalue weighted by molar-refractivity contribution is -0.137. The fourth-order valence-electron chi connectivity index (χ4n) is 2.57. The normalized spacial score (nSPS) is 15.3. The molecule has 0 radical (unpaired) electrons. The molecule has 0 aliphatic carbocycles. The lowest BCUT2D eigenvalue weighted by Gasteiger charge is -2.19. The van der Waals surface area contributed by atoms with E-state index in [1.165, 1.54) is 0 Å². The van der Waals surface area contributed by atoms with Crippen LogP contribution in [0, 0.1) is 0 Å². The molecule has 5 nitrogen and oxygen atoms in total. The molecule has 6 heteroatoms. The maximum absolute atomic E-state index is 12.0. The summed E-state index contributed by atoms with van der Waals surface area (Å²) in [4.78, 5) is 12.0. The first-order chi connectivity index (χ1) is 11.1. The van der Waals surface area contributed by atoms with E-state index in [1.54, 1.807) is 6.08 Å². The Hall–Kier alpha value is -2.08. The first-order valence-corrected chi connectivity index (χ1v) is 8.40. The standard InChI is InChI=1S/C17H18BrN3O2/c1-3-4-7-23-14(22)9-11-8-10(2)19-15-12(11)5-6-13-16(15)20-21-17(13)18/h5-6,8-9,19H,3-4,7H2,1-2H3,(H,20,21)/b11-9+. The van der Waals surface area contributed by atoms with Gasteiger partial charge >= 0.3 is 5.97 Å². The quantitative estimate of drug-likeness (QED) is 0.472. The second kappa shape index (κ2) is 6.58. The molecule has 1 aliphatic rings. The molecule has 1 aromatic carbocycles. The average molecular weight is 376 g/mol. The number of aromatic nitrogens is 2. The highest BCUT2D eigenvalue weighted by Crippen LogP contribution is 2.38. The summed E-state index contributed by atoms with van der Waals surface area (Å²) in [5.41, 5.74) is 4.47. The van der Waals surface area contributed by atoms with Crippen molar-refractivity contribution in [1.82, 2.24) is 10.2 Å². The second-order valence-electron chi connectivity index (χ2n) is 5.49. The van der Waals surface area contributed by atoms with Gasteiger partial charge in [-0.1, -0.05) is 19.4 Å². The Morgan fingerprint density at radius 3 is 3.04 bits per heavy atom. The van der Waals surface area contributed by atoms with Crippen molar-refractivity contribution >= 4 is 44.1 Å². The molecule has 0 bridgehead atoms. The summed E-state index contributed by atoms with van der Waals surface area (Å²) in [6.07, 6.45) is 5.37. The molecule has 1 aromatic heterocycles. The molecule has 0 amide bonds. The van der Waals surface area contributed by atoms with Crippen LogP contribution in [0.1, 0.15) is 32.3 Å². The summed E-state index contributed by atoms with van der Waals surface area (Å²) >= 11 is 3.45. The van der Waals surface area contributed by atoms with Gasteiger partial charge < -0.3 is 10.1 Å². The molecule has 0 spiro atoms. The van der Waals surface area contributed by atoms with E-state index in [0.717, 1.165) is 50.9 Å². The molecule has 2 N–H and O–H groups in total. The maximum Gasteiger partial charge on any atom is 0.331 e. The number of nitrogens with zero attached hydrogens (tertiary/aromatic N) is 1. The van der Waals surface area contributed by atoms with Gasteiger partial charge in [-0.05, 0) is 47.0 Å². The van der Waals surface area contributed by atoms with Crippen LogP contribution < -0.4 is 5.32 Å². The number of fused-ring (bicyclic) bond motifs is 3. The van der Waals surface area contributed by atoms with E-state index in [1.807, 2.05) is 25.1 Å². The number of aromatic amines is 1. The first kappa shape index (κ1) is 15.8. The average Bonchev–Trinajstić information content (AvgIpc) is 2.89. The number of nitrogens with one attached hydrogen (secondary N) is 2. The summed E-state index contributed by atoms with van der Waals surface area (Å²) in [6.45, 7) is 4.48. The van der Waals surface area contributed by atoms with Crippen LogP contribution in [-0.4, -0.2) is 22.8 Å². The molecule has 23 heavy (non-hydrogen) atoms. The molecule has 0 atom stereocenters. The fraction of sp³-hybridized carbons (Fsp3) is 0.294. The van der Waals surface area contributed by atoms with E-state index >= 15 is 0 Å². The zero-order chi connectivity index (χ0) is 16.4. The zero-order valence-corrected chi connectivity index (χ0v) is 14.7. The predicted molar refractivity (Wildman–Crippen MR) is 95.0 cm³/mol. The maximum atomic E-state index is 12.0. The van der Waals surface area contributed by atoms with Crippen molar-refractivity contribution in [3.63, 3.8) is 0 Å². The largest absolute Gasteiger partial charge is 0.463 e. The van der Waals surface area contributed by atoms with Crippen LogP contribution in [0.2, 0.25) is 0 Å². The third-order valence-electron chi connectivity index (χ3n) is 3.70. The number of rotatable bonds is 4. The van der Waals surface area contributed by atoms with Crippen molar-refractivity contribution in [2.24, 2.45) is 0 Å². The Labute approximate surface area is 142 Å². The number of hydrogen-bond donors (Lipinski definition) is 2. The number of anilines is 1. The Balaban J connectivity index is 1.98. The number of carbonyl (C=O) groups excluding carboxylic acids is 1. The number of H-pyrrole nitrogens is 1. The highest BCUT2D eigenvalue weighted by molar-refractivity contribution is 9.10. The van der Waals surface area contributed by atoms with Gasteiger partial charge in [0.2, 0.25) is 0 Å². The zero-order valence-electron chi connectivity index (χ0n) is 13.1. The van der Waals surface area contributed by atoms with Gasteiger partial charge in [-0.2, -0.15) is 5.10 Å². The molecular weight excluding hydrogens is 358 g/mol. The molecule has 1 aliphatic heterocycles. The molecular formula is C17H18BrN3O2. The number of esters is 1. The SMILES string of the molecule is CCCCOC(=O)/C=C1\C=C(C)Nc2c1ccc1c(Br)[nH]nc21. The van der Waals surface area contributed by atoms with Crippen LogP contribution in [0.3, 0.4) is 0 Å². The number of halogens is 1. The van der Waals surface area contributed by atoms with Crippen molar-refractivity contribution in [1.29, 1.82) is 0 Å². The minimum Gasteiger partial charge on any atom is -0.463 e. The molecule has 2 heterocycles. The van der Waals surface area contributed by atoms with Crippen molar-refractivity contribution < 1.29 is 9.53 Å². The lowest BCUT2D eigenvalue weighted by Crippen LogP contribution is -2.08. The summed E-state index contributed by atoms with van der Waals surface area (Å²) in [5.74, 6) is -0.311. The second-order valence-corrected chi connectivity index (χ2v) is 6.29. The summed E-state index contributed by atoms with van der Waals surface area (Å²) < 4.78 is 6.07. The number of ether oxygens (including phenoxy) is 1. The summed E-state index contributed by atoms with van der Waals surface area (Å²) in [6, 6.07) is 3.97. The minimum atomic E-state index is -0.311. The Morgan fingerprint density at radius 1 is 1.43 bits per heavy atom. The van der Waals surface area contributed by atoms with Crippen molar-refractivity contribution in [2.45, 2.75) is 26.7 Å². The van der Waals surface area contributed by atoms with Gasteiger partial charge in [0.15, 0.2) is 0 Å². The first-order valence-electron chi connectivity index (χ1n) is 7.61.